The lowest BCUT2D eigenvalue weighted by molar-refractivity contribution is 0.0696. The van der Waals surface area contributed by atoms with E-state index in [2.05, 4.69) is 17.1 Å². The minimum atomic E-state index is -0.940. The average Bonchev–Trinajstić information content (AvgIpc) is 2.78. The van der Waals surface area contributed by atoms with E-state index in [1.807, 2.05) is 18.2 Å². The first-order valence-electron chi connectivity index (χ1n) is 10.7. The average molecular weight is 411 g/mol. The number of nitrogens with one attached hydrogen (secondary N) is 1. The summed E-state index contributed by atoms with van der Waals surface area (Å²) in [5.74, 6) is -0.336. The van der Waals surface area contributed by atoms with Crippen LogP contribution in [0.15, 0.2) is 42.5 Å². The Kier molecular flexibility index (Phi) is 7.71. The standard InChI is InChI=1S/C24H30N2O4/c1-2-16-30-20-10-11-22(26-14-4-3-5-15-26)21(17-20)23(27)25-13-12-18-6-8-19(9-7-18)24(28)29/h6-11,17H,2-5,12-16H2,1H3,(H,25,27)(H,28,29). The molecule has 2 N–H and O–H groups in total. The Bertz CT molecular complexity index is 858. The number of ether oxygens (including phenoxy) is 1. The molecule has 3 rings (SSSR count). The summed E-state index contributed by atoms with van der Waals surface area (Å²) in [4.78, 5) is 26.2. The lowest BCUT2D eigenvalue weighted by atomic mass is 10.1. The smallest absolute Gasteiger partial charge is 0.335 e. The summed E-state index contributed by atoms with van der Waals surface area (Å²) in [6, 6.07) is 12.5. The largest absolute Gasteiger partial charge is 0.494 e. The second-order valence-electron chi connectivity index (χ2n) is 7.58. The molecular weight excluding hydrogens is 380 g/mol. The molecule has 2 aromatic carbocycles. The number of rotatable bonds is 9. The van der Waals surface area contributed by atoms with E-state index < -0.39 is 5.97 Å². The number of carboxylic acids is 1. The Hall–Kier alpha value is -3.02. The van der Waals surface area contributed by atoms with E-state index in [1.165, 1.54) is 6.42 Å². The van der Waals surface area contributed by atoms with Crippen molar-refractivity contribution in [2.24, 2.45) is 0 Å². The molecule has 0 spiro atoms. The third kappa shape index (κ3) is 5.75. The van der Waals surface area contributed by atoms with Gasteiger partial charge < -0.3 is 20.1 Å². The molecule has 0 radical (unpaired) electrons. The Morgan fingerprint density at radius 3 is 2.47 bits per heavy atom. The number of carbonyl (C=O) groups is 2. The van der Waals surface area contributed by atoms with Gasteiger partial charge in [-0.25, -0.2) is 4.79 Å². The topological polar surface area (TPSA) is 78.9 Å². The molecule has 6 heteroatoms. The molecule has 6 nitrogen and oxygen atoms in total. The maximum Gasteiger partial charge on any atom is 0.335 e. The first kappa shape index (κ1) is 21.7. The lowest BCUT2D eigenvalue weighted by Gasteiger charge is -2.30. The third-order valence-electron chi connectivity index (χ3n) is 5.28. The quantitative estimate of drug-likeness (QED) is 0.650. The number of piperidine rings is 1. The Morgan fingerprint density at radius 1 is 1.07 bits per heavy atom. The molecule has 0 aromatic heterocycles. The van der Waals surface area contributed by atoms with E-state index in [0.717, 1.165) is 43.6 Å². The van der Waals surface area contributed by atoms with Crippen molar-refractivity contribution in [3.8, 4) is 5.75 Å². The van der Waals surface area contributed by atoms with E-state index in [4.69, 9.17) is 9.84 Å². The van der Waals surface area contributed by atoms with E-state index in [1.54, 1.807) is 24.3 Å². The summed E-state index contributed by atoms with van der Waals surface area (Å²) >= 11 is 0. The fourth-order valence-corrected chi connectivity index (χ4v) is 3.65. The van der Waals surface area contributed by atoms with Gasteiger partial charge in [0.1, 0.15) is 5.75 Å². The van der Waals surface area contributed by atoms with Gasteiger partial charge in [-0.15, -0.1) is 0 Å². The van der Waals surface area contributed by atoms with Crippen LogP contribution in [0, 0.1) is 0 Å². The van der Waals surface area contributed by atoms with Crippen LogP contribution in [-0.4, -0.2) is 43.2 Å². The zero-order valence-corrected chi connectivity index (χ0v) is 17.5. The summed E-state index contributed by atoms with van der Waals surface area (Å²) in [6.45, 7) is 5.08. The van der Waals surface area contributed by atoms with Crippen LogP contribution in [0.4, 0.5) is 5.69 Å². The van der Waals surface area contributed by atoms with Crippen molar-refractivity contribution in [1.82, 2.24) is 5.32 Å². The van der Waals surface area contributed by atoms with Gasteiger partial charge in [-0.05, 0) is 68.0 Å². The van der Waals surface area contributed by atoms with Gasteiger partial charge in [0.2, 0.25) is 0 Å². The second kappa shape index (κ2) is 10.7. The molecule has 1 amide bonds. The van der Waals surface area contributed by atoms with Crippen LogP contribution in [0.25, 0.3) is 0 Å². The molecule has 1 heterocycles. The number of anilines is 1. The number of hydrogen-bond donors (Lipinski definition) is 2. The molecule has 30 heavy (non-hydrogen) atoms. The molecule has 1 aliphatic heterocycles. The fraction of sp³-hybridized carbons (Fsp3) is 0.417. The van der Waals surface area contributed by atoms with Gasteiger partial charge in [0.15, 0.2) is 0 Å². The normalized spacial score (nSPS) is 13.7. The van der Waals surface area contributed by atoms with Crippen molar-refractivity contribution in [1.29, 1.82) is 0 Å². The molecule has 2 aromatic rings. The minimum Gasteiger partial charge on any atom is -0.494 e. The maximum atomic E-state index is 13.0. The highest BCUT2D eigenvalue weighted by atomic mass is 16.5. The highest BCUT2D eigenvalue weighted by molar-refractivity contribution is 6.00. The summed E-state index contributed by atoms with van der Waals surface area (Å²) in [7, 11) is 0. The second-order valence-corrected chi connectivity index (χ2v) is 7.58. The number of amides is 1. The van der Waals surface area contributed by atoms with Gasteiger partial charge in [0.25, 0.3) is 5.91 Å². The molecule has 160 valence electrons. The molecule has 0 atom stereocenters. The van der Waals surface area contributed by atoms with Crippen molar-refractivity contribution < 1.29 is 19.4 Å². The molecule has 1 saturated heterocycles. The highest BCUT2D eigenvalue weighted by Crippen LogP contribution is 2.28. The van der Waals surface area contributed by atoms with E-state index in [-0.39, 0.29) is 11.5 Å². The molecular formula is C24H30N2O4. The van der Waals surface area contributed by atoms with Crippen LogP contribution >= 0.6 is 0 Å². The number of carboxylic acid groups (broad SMARTS) is 1. The van der Waals surface area contributed by atoms with Crippen LogP contribution in [0.2, 0.25) is 0 Å². The monoisotopic (exact) mass is 410 g/mol. The predicted octanol–water partition coefficient (Wildman–Crippen LogP) is 4.14. The summed E-state index contributed by atoms with van der Waals surface area (Å²) in [6.07, 6.45) is 5.06. The number of nitrogens with zero attached hydrogens (tertiary/aromatic N) is 1. The summed E-state index contributed by atoms with van der Waals surface area (Å²) < 4.78 is 5.75. The lowest BCUT2D eigenvalue weighted by Crippen LogP contribution is -2.33. The molecule has 0 unspecified atom stereocenters. The van der Waals surface area contributed by atoms with Crippen LogP contribution in [0.1, 0.15) is 58.9 Å². The molecule has 1 fully saturated rings. The third-order valence-corrected chi connectivity index (χ3v) is 5.28. The van der Waals surface area contributed by atoms with Gasteiger partial charge in [-0.2, -0.15) is 0 Å². The Morgan fingerprint density at radius 2 is 1.80 bits per heavy atom. The SMILES string of the molecule is CCCOc1ccc(N2CCCCC2)c(C(=O)NCCc2ccc(C(=O)O)cc2)c1. The van der Waals surface area contributed by atoms with E-state index >= 15 is 0 Å². The molecule has 0 bridgehead atoms. The van der Waals surface area contributed by atoms with E-state index in [9.17, 15) is 9.59 Å². The van der Waals surface area contributed by atoms with Crippen molar-refractivity contribution in [3.63, 3.8) is 0 Å². The molecule has 1 aliphatic rings. The first-order chi connectivity index (χ1) is 14.6. The van der Waals surface area contributed by atoms with Gasteiger partial charge in [0.05, 0.1) is 17.7 Å². The van der Waals surface area contributed by atoms with Gasteiger partial charge in [0, 0.05) is 25.3 Å². The number of aromatic carboxylic acids is 1. The predicted molar refractivity (Wildman–Crippen MR) is 118 cm³/mol. The van der Waals surface area contributed by atoms with Crippen LogP contribution < -0.4 is 15.0 Å². The zero-order valence-electron chi connectivity index (χ0n) is 17.5. The van der Waals surface area contributed by atoms with Crippen molar-refractivity contribution in [2.75, 3.05) is 31.1 Å². The van der Waals surface area contributed by atoms with Crippen molar-refractivity contribution >= 4 is 17.6 Å². The van der Waals surface area contributed by atoms with Gasteiger partial charge >= 0.3 is 5.97 Å². The highest BCUT2D eigenvalue weighted by Gasteiger charge is 2.19. The minimum absolute atomic E-state index is 0.111. The van der Waals surface area contributed by atoms with Crippen LogP contribution in [0.5, 0.6) is 5.75 Å². The maximum absolute atomic E-state index is 13.0. The van der Waals surface area contributed by atoms with Crippen LogP contribution in [0.3, 0.4) is 0 Å². The number of benzene rings is 2. The first-order valence-corrected chi connectivity index (χ1v) is 10.7. The van der Waals surface area contributed by atoms with Crippen molar-refractivity contribution in [2.45, 2.75) is 39.0 Å². The zero-order chi connectivity index (χ0) is 21.3. The number of carbonyl (C=O) groups excluding carboxylic acids is 1. The fourth-order valence-electron chi connectivity index (χ4n) is 3.65. The van der Waals surface area contributed by atoms with Crippen LogP contribution in [-0.2, 0) is 6.42 Å². The number of hydrogen-bond acceptors (Lipinski definition) is 4. The summed E-state index contributed by atoms with van der Waals surface area (Å²) in [5.41, 5.74) is 2.85. The van der Waals surface area contributed by atoms with Crippen molar-refractivity contribution in [3.05, 3.63) is 59.2 Å². The molecule has 0 aliphatic carbocycles. The Balaban J connectivity index is 1.68. The van der Waals surface area contributed by atoms with Gasteiger partial charge in [-0.3, -0.25) is 4.79 Å². The molecule has 0 saturated carbocycles. The Labute approximate surface area is 177 Å². The van der Waals surface area contributed by atoms with E-state index in [0.29, 0.717) is 30.9 Å². The summed E-state index contributed by atoms with van der Waals surface area (Å²) in [5, 5.41) is 12.0. The van der Waals surface area contributed by atoms with Gasteiger partial charge in [-0.1, -0.05) is 19.1 Å².